The smallest absolute Gasteiger partial charge is 0.289 e. The minimum Gasteiger partial charge on any atom is -0.317 e. The maximum Gasteiger partial charge on any atom is 0.289 e. The Morgan fingerprint density at radius 2 is 1.95 bits per heavy atom. The number of nitrogens with one attached hydrogen (secondary N) is 2. The van der Waals surface area contributed by atoms with Crippen LogP contribution < -0.4 is 10.0 Å². The molecule has 0 bridgehead atoms. The fraction of sp³-hybridized carbons (Fsp3) is 0.538. The van der Waals surface area contributed by atoms with Crippen LogP contribution in [-0.4, -0.2) is 32.5 Å². The quantitative estimate of drug-likeness (QED) is 0.646. The highest BCUT2D eigenvalue weighted by molar-refractivity contribution is 7.89. The highest BCUT2D eigenvalue weighted by Gasteiger charge is 2.27. The molecule has 8 heteroatoms. The molecule has 116 valence electrons. The molecule has 7 nitrogen and oxygen atoms in total. The highest BCUT2D eigenvalue weighted by atomic mass is 32.2. The topological polar surface area (TPSA) is 101 Å². The van der Waals surface area contributed by atoms with Crippen molar-refractivity contribution in [2.45, 2.75) is 36.6 Å². The lowest BCUT2D eigenvalue weighted by atomic mass is 10.1. The molecule has 2 rings (SSSR count). The zero-order valence-electron chi connectivity index (χ0n) is 11.6. The fourth-order valence-electron chi connectivity index (χ4n) is 2.42. The molecule has 0 spiro atoms. The highest BCUT2D eigenvalue weighted by Crippen LogP contribution is 2.23. The molecule has 0 radical (unpaired) electrons. The second-order valence-corrected chi connectivity index (χ2v) is 6.76. The van der Waals surface area contributed by atoms with Crippen molar-refractivity contribution in [1.29, 1.82) is 0 Å². The van der Waals surface area contributed by atoms with Gasteiger partial charge in [-0.15, -0.1) is 0 Å². The van der Waals surface area contributed by atoms with E-state index in [1.54, 1.807) is 0 Å². The van der Waals surface area contributed by atoms with Gasteiger partial charge in [0.15, 0.2) is 4.90 Å². The Balaban J connectivity index is 2.19. The van der Waals surface area contributed by atoms with Crippen LogP contribution >= 0.6 is 0 Å². The first-order valence-electron chi connectivity index (χ1n) is 6.97. The molecule has 1 unspecified atom stereocenters. The first-order chi connectivity index (χ1) is 10.0. The summed E-state index contributed by atoms with van der Waals surface area (Å²) >= 11 is 0. The number of nitro groups is 1. The first-order valence-corrected chi connectivity index (χ1v) is 8.45. The summed E-state index contributed by atoms with van der Waals surface area (Å²) < 4.78 is 27.4. The summed E-state index contributed by atoms with van der Waals surface area (Å²) in [4.78, 5) is 10.0. The normalized spacial score (nSPS) is 20.5. The Morgan fingerprint density at radius 1 is 1.19 bits per heavy atom. The van der Waals surface area contributed by atoms with Gasteiger partial charge in [0.2, 0.25) is 10.0 Å². The Morgan fingerprint density at radius 3 is 2.71 bits per heavy atom. The fourth-order valence-corrected chi connectivity index (χ4v) is 3.90. The Labute approximate surface area is 123 Å². The van der Waals surface area contributed by atoms with E-state index in [0.717, 1.165) is 32.4 Å². The number of nitrogens with zero attached hydrogens (tertiary/aromatic N) is 1. The van der Waals surface area contributed by atoms with Crippen LogP contribution in [0.1, 0.15) is 25.7 Å². The van der Waals surface area contributed by atoms with E-state index in [0.29, 0.717) is 6.42 Å². The van der Waals surface area contributed by atoms with E-state index < -0.39 is 20.6 Å². The summed E-state index contributed by atoms with van der Waals surface area (Å²) in [5, 5.41) is 14.2. The monoisotopic (exact) mass is 313 g/mol. The number of sulfonamides is 1. The molecule has 0 aliphatic carbocycles. The average molecular weight is 313 g/mol. The second kappa shape index (κ2) is 6.97. The van der Waals surface area contributed by atoms with Crippen molar-refractivity contribution in [2.24, 2.45) is 0 Å². The standard InChI is InChI=1S/C13H19N3O4S/c17-16(18)12-6-1-2-7-13(12)21(19,20)15-11-5-3-4-9-14-10-8-11/h1-2,6-7,11,14-15H,3-5,8-10H2. The third kappa shape index (κ3) is 4.23. The van der Waals surface area contributed by atoms with E-state index in [9.17, 15) is 18.5 Å². The lowest BCUT2D eigenvalue weighted by molar-refractivity contribution is -0.387. The van der Waals surface area contributed by atoms with Crippen LogP contribution in [0.5, 0.6) is 0 Å². The maximum atomic E-state index is 12.4. The molecule has 1 aromatic rings. The molecule has 1 saturated heterocycles. The van der Waals surface area contributed by atoms with Gasteiger partial charge >= 0.3 is 0 Å². The van der Waals surface area contributed by atoms with Crippen LogP contribution in [0.4, 0.5) is 5.69 Å². The Bertz CT molecular complexity index is 595. The minimum absolute atomic E-state index is 0.192. The summed E-state index contributed by atoms with van der Waals surface area (Å²) in [6.45, 7) is 1.69. The van der Waals surface area contributed by atoms with Gasteiger partial charge in [0.1, 0.15) is 0 Å². The van der Waals surface area contributed by atoms with Gasteiger partial charge in [-0.1, -0.05) is 18.6 Å². The van der Waals surface area contributed by atoms with E-state index in [2.05, 4.69) is 10.0 Å². The van der Waals surface area contributed by atoms with E-state index in [4.69, 9.17) is 0 Å². The number of nitro benzene ring substituents is 1. The SMILES string of the molecule is O=[N+]([O-])c1ccccc1S(=O)(=O)NC1CCCCNCC1. The van der Waals surface area contributed by atoms with Crippen LogP contribution in [-0.2, 0) is 10.0 Å². The molecule has 0 saturated carbocycles. The van der Waals surface area contributed by atoms with Crippen molar-refractivity contribution in [2.75, 3.05) is 13.1 Å². The van der Waals surface area contributed by atoms with Crippen molar-refractivity contribution in [3.8, 4) is 0 Å². The first kappa shape index (κ1) is 15.9. The van der Waals surface area contributed by atoms with Crippen LogP contribution in [0.15, 0.2) is 29.2 Å². The van der Waals surface area contributed by atoms with Gasteiger partial charge in [-0.2, -0.15) is 0 Å². The van der Waals surface area contributed by atoms with Gasteiger partial charge in [0.25, 0.3) is 5.69 Å². The van der Waals surface area contributed by atoms with E-state index in [-0.39, 0.29) is 10.9 Å². The maximum absolute atomic E-state index is 12.4. The largest absolute Gasteiger partial charge is 0.317 e. The number of rotatable bonds is 4. The molecule has 1 heterocycles. The second-order valence-electron chi connectivity index (χ2n) is 5.08. The number of hydrogen-bond donors (Lipinski definition) is 2. The van der Waals surface area contributed by atoms with Gasteiger partial charge in [0.05, 0.1) is 4.92 Å². The summed E-state index contributed by atoms with van der Waals surface area (Å²) in [5.41, 5.74) is -0.394. The number of hydrogen-bond acceptors (Lipinski definition) is 5. The zero-order chi connectivity index (χ0) is 15.3. The molecule has 1 atom stereocenters. The Kier molecular flexibility index (Phi) is 5.27. The van der Waals surface area contributed by atoms with Gasteiger partial charge in [-0.3, -0.25) is 10.1 Å². The van der Waals surface area contributed by atoms with Gasteiger partial charge in [-0.25, -0.2) is 13.1 Å². The lowest BCUT2D eigenvalue weighted by Gasteiger charge is -2.21. The molecule has 1 aliphatic heterocycles. The third-order valence-electron chi connectivity index (χ3n) is 3.50. The number of para-hydroxylation sites is 1. The molecular formula is C13H19N3O4S. The molecule has 0 aromatic heterocycles. The van der Waals surface area contributed by atoms with Crippen molar-refractivity contribution in [3.05, 3.63) is 34.4 Å². The summed E-state index contributed by atoms with van der Waals surface area (Å²) in [5.74, 6) is 0. The molecule has 1 fully saturated rings. The van der Waals surface area contributed by atoms with Gasteiger partial charge in [0, 0.05) is 12.1 Å². The van der Waals surface area contributed by atoms with Crippen molar-refractivity contribution in [3.63, 3.8) is 0 Å². The van der Waals surface area contributed by atoms with Crippen LogP contribution in [0, 0.1) is 10.1 Å². The zero-order valence-corrected chi connectivity index (χ0v) is 12.4. The minimum atomic E-state index is -3.88. The van der Waals surface area contributed by atoms with Crippen molar-refractivity contribution < 1.29 is 13.3 Å². The third-order valence-corrected chi connectivity index (χ3v) is 5.07. The molecule has 21 heavy (non-hydrogen) atoms. The average Bonchev–Trinajstić information content (AvgIpc) is 2.41. The summed E-state index contributed by atoms with van der Waals surface area (Å²) in [7, 11) is -3.88. The predicted octanol–water partition coefficient (Wildman–Crippen LogP) is 1.41. The predicted molar refractivity (Wildman–Crippen MR) is 78.5 cm³/mol. The molecule has 1 aromatic carbocycles. The molecular weight excluding hydrogens is 294 g/mol. The van der Waals surface area contributed by atoms with Crippen molar-refractivity contribution >= 4 is 15.7 Å². The van der Waals surface area contributed by atoms with Gasteiger partial charge in [-0.05, 0) is 38.4 Å². The van der Waals surface area contributed by atoms with Crippen LogP contribution in [0.3, 0.4) is 0 Å². The van der Waals surface area contributed by atoms with Crippen LogP contribution in [0.25, 0.3) is 0 Å². The summed E-state index contributed by atoms with van der Waals surface area (Å²) in [6, 6.07) is 5.22. The summed E-state index contributed by atoms with van der Waals surface area (Å²) in [6.07, 6.45) is 3.36. The van der Waals surface area contributed by atoms with Gasteiger partial charge < -0.3 is 5.32 Å². The van der Waals surface area contributed by atoms with E-state index in [1.807, 2.05) is 0 Å². The molecule has 0 amide bonds. The number of benzene rings is 1. The molecule has 1 aliphatic rings. The van der Waals surface area contributed by atoms with E-state index >= 15 is 0 Å². The van der Waals surface area contributed by atoms with Crippen molar-refractivity contribution in [1.82, 2.24) is 10.0 Å². The molecule has 2 N–H and O–H groups in total. The lowest BCUT2D eigenvalue weighted by Crippen LogP contribution is -2.38. The van der Waals surface area contributed by atoms with Crippen LogP contribution in [0.2, 0.25) is 0 Å². The van der Waals surface area contributed by atoms with E-state index in [1.165, 1.54) is 24.3 Å². The Hall–Kier alpha value is -1.51.